The van der Waals surface area contributed by atoms with E-state index in [9.17, 15) is 4.39 Å². The molecule has 0 saturated heterocycles. The first-order valence-corrected chi connectivity index (χ1v) is 4.10. The highest BCUT2D eigenvalue weighted by Gasteiger charge is 1.96. The minimum atomic E-state index is -0.255. The van der Waals surface area contributed by atoms with Crippen molar-refractivity contribution in [2.24, 2.45) is 0 Å². The minimum Gasteiger partial charge on any atom is -0.392 e. The lowest BCUT2D eigenvalue weighted by Crippen LogP contribution is -1.88. The fourth-order valence-corrected chi connectivity index (χ4v) is 0.837. The van der Waals surface area contributed by atoms with Gasteiger partial charge in [-0.05, 0) is 30.2 Å². The number of aryl methyl sites for hydroxylation is 1. The van der Waals surface area contributed by atoms with Crippen LogP contribution in [0.1, 0.15) is 25.0 Å². The van der Waals surface area contributed by atoms with E-state index < -0.39 is 0 Å². The van der Waals surface area contributed by atoms with E-state index in [-0.39, 0.29) is 12.4 Å². The van der Waals surface area contributed by atoms with Gasteiger partial charge in [0.2, 0.25) is 0 Å². The van der Waals surface area contributed by atoms with Crippen LogP contribution in [0.2, 0.25) is 0 Å². The van der Waals surface area contributed by atoms with Crippen molar-refractivity contribution in [3.63, 3.8) is 0 Å². The number of hydrogen-bond acceptors (Lipinski definition) is 1. The first-order chi connectivity index (χ1) is 5.74. The van der Waals surface area contributed by atoms with Gasteiger partial charge in [0.1, 0.15) is 5.82 Å². The Labute approximate surface area is 72.9 Å². The van der Waals surface area contributed by atoms with Gasteiger partial charge in [-0.1, -0.05) is 19.9 Å². The quantitative estimate of drug-likeness (QED) is 0.687. The van der Waals surface area contributed by atoms with E-state index in [0.29, 0.717) is 0 Å². The summed E-state index contributed by atoms with van der Waals surface area (Å²) in [6.07, 6.45) is 0. The van der Waals surface area contributed by atoms with Gasteiger partial charge >= 0.3 is 0 Å². The minimum absolute atomic E-state index is 0.0217. The van der Waals surface area contributed by atoms with Crippen LogP contribution in [-0.2, 0) is 6.61 Å². The SMILES string of the molecule is CC.Cc1cc(F)ccc1CO. The second-order valence-corrected chi connectivity index (χ2v) is 2.23. The predicted molar refractivity (Wildman–Crippen MR) is 48.4 cm³/mol. The van der Waals surface area contributed by atoms with Crippen LogP contribution in [0.25, 0.3) is 0 Å². The van der Waals surface area contributed by atoms with Crippen molar-refractivity contribution in [1.82, 2.24) is 0 Å². The van der Waals surface area contributed by atoms with Gasteiger partial charge in [0.15, 0.2) is 0 Å². The van der Waals surface area contributed by atoms with Gasteiger partial charge in [0.05, 0.1) is 6.61 Å². The first kappa shape index (κ1) is 11.1. The smallest absolute Gasteiger partial charge is 0.123 e. The molecule has 1 nitrogen and oxygen atoms in total. The lowest BCUT2D eigenvalue weighted by Gasteiger charge is -1.99. The van der Waals surface area contributed by atoms with Gasteiger partial charge < -0.3 is 5.11 Å². The fraction of sp³-hybridized carbons (Fsp3) is 0.400. The summed E-state index contributed by atoms with van der Waals surface area (Å²) < 4.78 is 12.4. The van der Waals surface area contributed by atoms with Crippen LogP contribution < -0.4 is 0 Å². The fourth-order valence-electron chi connectivity index (χ4n) is 0.837. The third-order valence-electron chi connectivity index (χ3n) is 1.47. The zero-order valence-electron chi connectivity index (χ0n) is 7.76. The average Bonchev–Trinajstić information content (AvgIpc) is 2.08. The van der Waals surface area contributed by atoms with Crippen molar-refractivity contribution in [1.29, 1.82) is 0 Å². The van der Waals surface area contributed by atoms with Crippen LogP contribution in [0.3, 0.4) is 0 Å². The molecule has 0 aliphatic heterocycles. The third-order valence-corrected chi connectivity index (χ3v) is 1.47. The van der Waals surface area contributed by atoms with E-state index in [1.54, 1.807) is 13.0 Å². The molecule has 1 rings (SSSR count). The van der Waals surface area contributed by atoms with E-state index in [2.05, 4.69) is 0 Å². The number of aliphatic hydroxyl groups is 1. The number of halogens is 1. The van der Waals surface area contributed by atoms with E-state index in [0.717, 1.165) is 11.1 Å². The number of rotatable bonds is 1. The Morgan fingerprint density at radius 1 is 1.33 bits per heavy atom. The molecule has 0 atom stereocenters. The van der Waals surface area contributed by atoms with E-state index in [4.69, 9.17) is 5.11 Å². The van der Waals surface area contributed by atoms with E-state index >= 15 is 0 Å². The number of benzene rings is 1. The van der Waals surface area contributed by atoms with Gasteiger partial charge in [-0.25, -0.2) is 4.39 Å². The largest absolute Gasteiger partial charge is 0.392 e. The Balaban J connectivity index is 0.000000561. The van der Waals surface area contributed by atoms with Crippen LogP contribution >= 0.6 is 0 Å². The molecule has 2 heteroatoms. The lowest BCUT2D eigenvalue weighted by atomic mass is 10.1. The van der Waals surface area contributed by atoms with Gasteiger partial charge in [-0.15, -0.1) is 0 Å². The first-order valence-electron chi connectivity index (χ1n) is 4.10. The normalized spacial score (nSPS) is 8.75. The van der Waals surface area contributed by atoms with Crippen LogP contribution in [0.5, 0.6) is 0 Å². The molecule has 0 radical (unpaired) electrons. The maximum absolute atomic E-state index is 12.4. The van der Waals surface area contributed by atoms with Crippen LogP contribution in [-0.4, -0.2) is 5.11 Å². The summed E-state index contributed by atoms with van der Waals surface area (Å²) in [6, 6.07) is 4.34. The van der Waals surface area contributed by atoms with Crippen LogP contribution in [0.15, 0.2) is 18.2 Å². The maximum Gasteiger partial charge on any atom is 0.123 e. The summed E-state index contributed by atoms with van der Waals surface area (Å²) >= 11 is 0. The Bertz CT molecular complexity index is 233. The molecule has 0 saturated carbocycles. The molecule has 0 unspecified atom stereocenters. The second kappa shape index (κ2) is 5.72. The zero-order valence-corrected chi connectivity index (χ0v) is 7.76. The number of aliphatic hydroxyl groups excluding tert-OH is 1. The third kappa shape index (κ3) is 3.01. The Morgan fingerprint density at radius 2 is 1.92 bits per heavy atom. The maximum atomic E-state index is 12.4. The molecule has 1 aromatic carbocycles. The molecule has 12 heavy (non-hydrogen) atoms. The average molecular weight is 170 g/mol. The second-order valence-electron chi connectivity index (χ2n) is 2.23. The summed E-state index contributed by atoms with van der Waals surface area (Å²) in [4.78, 5) is 0. The van der Waals surface area contributed by atoms with E-state index in [1.165, 1.54) is 12.1 Å². The summed E-state index contributed by atoms with van der Waals surface area (Å²) in [5.41, 5.74) is 1.57. The van der Waals surface area contributed by atoms with Crippen LogP contribution in [0, 0.1) is 12.7 Å². The summed E-state index contributed by atoms with van der Waals surface area (Å²) in [6.45, 7) is 5.75. The molecule has 0 aromatic heterocycles. The van der Waals surface area contributed by atoms with Crippen molar-refractivity contribution >= 4 is 0 Å². The molecule has 0 aliphatic carbocycles. The molecular formula is C10H15FO. The number of hydrogen-bond donors (Lipinski definition) is 1. The molecular weight excluding hydrogens is 155 g/mol. The summed E-state index contributed by atoms with van der Waals surface area (Å²) in [5.74, 6) is -0.255. The molecule has 68 valence electrons. The van der Waals surface area contributed by atoms with Crippen molar-refractivity contribution in [3.8, 4) is 0 Å². The van der Waals surface area contributed by atoms with Gasteiger partial charge in [0, 0.05) is 0 Å². The van der Waals surface area contributed by atoms with Gasteiger partial charge in [-0.3, -0.25) is 0 Å². The molecule has 0 heterocycles. The predicted octanol–water partition coefficient (Wildman–Crippen LogP) is 2.65. The van der Waals surface area contributed by atoms with Crippen molar-refractivity contribution in [2.45, 2.75) is 27.4 Å². The lowest BCUT2D eigenvalue weighted by molar-refractivity contribution is 0.281. The van der Waals surface area contributed by atoms with Gasteiger partial charge in [-0.2, -0.15) is 0 Å². The highest BCUT2D eigenvalue weighted by atomic mass is 19.1. The molecule has 1 N–H and O–H groups in total. The monoisotopic (exact) mass is 170 g/mol. The highest BCUT2D eigenvalue weighted by molar-refractivity contribution is 5.25. The zero-order chi connectivity index (χ0) is 9.56. The molecule has 1 aromatic rings. The molecule has 0 fully saturated rings. The Morgan fingerprint density at radius 3 is 2.33 bits per heavy atom. The molecule has 0 amide bonds. The Kier molecular flexibility index (Phi) is 5.30. The van der Waals surface area contributed by atoms with Gasteiger partial charge in [0.25, 0.3) is 0 Å². The molecule has 0 bridgehead atoms. The highest BCUT2D eigenvalue weighted by Crippen LogP contribution is 2.08. The van der Waals surface area contributed by atoms with Crippen molar-refractivity contribution in [3.05, 3.63) is 35.1 Å². The van der Waals surface area contributed by atoms with Crippen LogP contribution in [0.4, 0.5) is 4.39 Å². The van der Waals surface area contributed by atoms with Crippen molar-refractivity contribution in [2.75, 3.05) is 0 Å². The summed E-state index contributed by atoms with van der Waals surface area (Å²) in [5, 5.41) is 8.69. The molecule has 0 aliphatic rings. The molecule has 0 spiro atoms. The van der Waals surface area contributed by atoms with Crippen molar-refractivity contribution < 1.29 is 9.50 Å². The Hall–Kier alpha value is -0.890. The standard InChI is InChI=1S/C8H9FO.C2H6/c1-6-4-8(9)3-2-7(6)5-10;1-2/h2-4,10H,5H2,1H3;1-2H3. The topological polar surface area (TPSA) is 20.2 Å². The van der Waals surface area contributed by atoms with E-state index in [1.807, 2.05) is 13.8 Å². The summed E-state index contributed by atoms with van der Waals surface area (Å²) in [7, 11) is 0.